The number of hydrogen-bond acceptors (Lipinski definition) is 4. The Morgan fingerprint density at radius 3 is 2.70 bits per heavy atom. The van der Waals surface area contributed by atoms with E-state index in [9.17, 15) is 14.4 Å². The van der Waals surface area contributed by atoms with Crippen LogP contribution in [0.15, 0.2) is 0 Å². The number of rotatable bonds is 5. The van der Waals surface area contributed by atoms with Crippen molar-refractivity contribution in [3.63, 3.8) is 0 Å². The van der Waals surface area contributed by atoms with E-state index in [1.165, 1.54) is 4.90 Å². The van der Waals surface area contributed by atoms with Crippen molar-refractivity contribution < 1.29 is 14.4 Å². The molecular weight excluding hydrogens is 296 g/mol. The summed E-state index contributed by atoms with van der Waals surface area (Å²) in [6.45, 7) is 5.02. The number of piperidine rings is 1. The minimum atomic E-state index is -0.700. The van der Waals surface area contributed by atoms with Crippen LogP contribution in [-0.4, -0.2) is 54.8 Å². The summed E-state index contributed by atoms with van der Waals surface area (Å²) in [5, 5.41) is 5.89. The van der Waals surface area contributed by atoms with Gasteiger partial charge in [0.2, 0.25) is 17.7 Å². The third kappa shape index (κ3) is 3.49. The molecule has 4 N–H and O–H groups in total. The summed E-state index contributed by atoms with van der Waals surface area (Å²) in [6.07, 6.45) is 2.57. The average molecular weight is 324 g/mol. The molecule has 0 saturated carbocycles. The van der Waals surface area contributed by atoms with Crippen LogP contribution in [0.5, 0.6) is 0 Å². The van der Waals surface area contributed by atoms with Gasteiger partial charge in [0.1, 0.15) is 6.04 Å². The molecule has 0 aromatic heterocycles. The molecule has 0 bridgehead atoms. The molecule has 2 saturated heterocycles. The van der Waals surface area contributed by atoms with Crippen LogP contribution in [0.1, 0.15) is 39.5 Å². The molecule has 2 aliphatic heterocycles. The van der Waals surface area contributed by atoms with E-state index in [2.05, 4.69) is 10.6 Å². The summed E-state index contributed by atoms with van der Waals surface area (Å²) in [5.41, 5.74) is 4.86. The zero-order valence-electron chi connectivity index (χ0n) is 14.2. The summed E-state index contributed by atoms with van der Waals surface area (Å²) in [4.78, 5) is 38.6. The molecule has 2 rings (SSSR count). The number of carbonyl (C=O) groups is 3. The predicted octanol–water partition coefficient (Wildman–Crippen LogP) is -0.397. The highest BCUT2D eigenvalue weighted by molar-refractivity contribution is 5.93. The lowest BCUT2D eigenvalue weighted by atomic mass is 9.78. The molecular formula is C16H28N4O3. The topological polar surface area (TPSA) is 105 Å². The van der Waals surface area contributed by atoms with Crippen molar-refractivity contribution in [3.05, 3.63) is 0 Å². The molecule has 2 aliphatic rings. The van der Waals surface area contributed by atoms with Crippen molar-refractivity contribution in [3.8, 4) is 0 Å². The molecule has 3 atom stereocenters. The standard InChI is InChI=1S/C16H28N4O3/c1-10(2)7-11(18-3)14(22)20-9-16(8-12(20)13(17)21)5-4-6-19-15(16)23/h10-12,18H,4-9H2,1-3H3,(H2,17,21)(H,19,23)/t11-,12-,16-/m0/s1. The average Bonchev–Trinajstić information content (AvgIpc) is 2.88. The van der Waals surface area contributed by atoms with Crippen molar-refractivity contribution in [1.82, 2.24) is 15.5 Å². The number of primary amides is 1. The largest absolute Gasteiger partial charge is 0.368 e. The fraction of sp³-hybridized carbons (Fsp3) is 0.812. The number of nitrogens with two attached hydrogens (primary N) is 1. The Balaban J connectivity index is 2.23. The fourth-order valence-corrected chi connectivity index (χ4v) is 3.76. The van der Waals surface area contributed by atoms with E-state index < -0.39 is 17.4 Å². The smallest absolute Gasteiger partial charge is 0.240 e. The maximum atomic E-state index is 12.9. The summed E-state index contributed by atoms with van der Waals surface area (Å²) in [6, 6.07) is -1.06. The van der Waals surface area contributed by atoms with E-state index in [-0.39, 0.29) is 24.4 Å². The minimum Gasteiger partial charge on any atom is -0.368 e. The molecule has 0 aromatic rings. The Labute approximate surface area is 137 Å². The van der Waals surface area contributed by atoms with Gasteiger partial charge in [0.05, 0.1) is 11.5 Å². The molecule has 3 amide bonds. The lowest BCUT2D eigenvalue weighted by Gasteiger charge is -2.32. The lowest BCUT2D eigenvalue weighted by Crippen LogP contribution is -2.52. The van der Waals surface area contributed by atoms with E-state index in [1.54, 1.807) is 7.05 Å². The SMILES string of the molecule is CN[C@@H](CC(C)C)C(=O)N1C[C@]2(CCCNC2=O)C[C@H]1C(N)=O. The van der Waals surface area contributed by atoms with Gasteiger partial charge in [-0.3, -0.25) is 14.4 Å². The highest BCUT2D eigenvalue weighted by atomic mass is 16.2. The minimum absolute atomic E-state index is 0.0600. The van der Waals surface area contributed by atoms with E-state index in [0.29, 0.717) is 31.7 Å². The maximum Gasteiger partial charge on any atom is 0.240 e. The van der Waals surface area contributed by atoms with Crippen LogP contribution in [-0.2, 0) is 14.4 Å². The summed E-state index contributed by atoms with van der Waals surface area (Å²) in [7, 11) is 1.74. The second-order valence-electron chi connectivity index (χ2n) is 7.20. The van der Waals surface area contributed by atoms with E-state index in [4.69, 9.17) is 5.73 Å². The molecule has 2 fully saturated rings. The van der Waals surface area contributed by atoms with Gasteiger partial charge in [-0.15, -0.1) is 0 Å². The summed E-state index contributed by atoms with van der Waals surface area (Å²) in [5.74, 6) is -0.388. The number of likely N-dealkylation sites (tertiary alicyclic amines) is 1. The zero-order valence-corrected chi connectivity index (χ0v) is 14.2. The highest BCUT2D eigenvalue weighted by Crippen LogP contribution is 2.41. The first-order chi connectivity index (χ1) is 10.8. The Hall–Kier alpha value is -1.63. The van der Waals surface area contributed by atoms with E-state index in [0.717, 1.165) is 6.42 Å². The van der Waals surface area contributed by atoms with Gasteiger partial charge in [0.25, 0.3) is 0 Å². The first kappa shape index (κ1) is 17.7. The van der Waals surface area contributed by atoms with E-state index >= 15 is 0 Å². The van der Waals surface area contributed by atoms with Crippen molar-refractivity contribution in [2.24, 2.45) is 17.1 Å². The molecule has 7 heteroatoms. The molecule has 0 radical (unpaired) electrons. The summed E-state index contributed by atoms with van der Waals surface area (Å²) >= 11 is 0. The zero-order chi connectivity index (χ0) is 17.2. The third-order valence-corrected chi connectivity index (χ3v) is 5.00. The van der Waals surface area contributed by atoms with Crippen LogP contribution in [0.3, 0.4) is 0 Å². The van der Waals surface area contributed by atoms with Crippen molar-refractivity contribution in [2.75, 3.05) is 20.1 Å². The van der Waals surface area contributed by atoms with Gasteiger partial charge in [-0.2, -0.15) is 0 Å². The monoisotopic (exact) mass is 324 g/mol. The second-order valence-corrected chi connectivity index (χ2v) is 7.20. The molecule has 2 heterocycles. The fourth-order valence-electron chi connectivity index (χ4n) is 3.76. The summed E-state index contributed by atoms with van der Waals surface area (Å²) < 4.78 is 0. The van der Waals surface area contributed by atoms with Gasteiger partial charge in [0.15, 0.2) is 0 Å². The normalized spacial score (nSPS) is 29.0. The highest BCUT2D eigenvalue weighted by Gasteiger charge is 2.53. The maximum absolute atomic E-state index is 12.9. The van der Waals surface area contributed by atoms with Gasteiger partial charge in [-0.05, 0) is 38.6 Å². The Kier molecular flexibility index (Phi) is 5.29. The molecule has 0 unspecified atom stereocenters. The van der Waals surface area contributed by atoms with Crippen molar-refractivity contribution >= 4 is 17.7 Å². The predicted molar refractivity (Wildman–Crippen MR) is 86.3 cm³/mol. The Morgan fingerprint density at radius 2 is 2.17 bits per heavy atom. The Bertz CT molecular complexity index is 494. The van der Waals surface area contributed by atoms with Gasteiger partial charge in [-0.1, -0.05) is 13.8 Å². The van der Waals surface area contributed by atoms with Crippen molar-refractivity contribution in [1.29, 1.82) is 0 Å². The molecule has 0 aliphatic carbocycles. The molecule has 7 nitrogen and oxygen atoms in total. The van der Waals surface area contributed by atoms with Crippen LogP contribution in [0.25, 0.3) is 0 Å². The Morgan fingerprint density at radius 1 is 1.48 bits per heavy atom. The first-order valence-corrected chi connectivity index (χ1v) is 8.36. The quantitative estimate of drug-likeness (QED) is 0.640. The lowest BCUT2D eigenvalue weighted by molar-refractivity contribution is -0.140. The van der Waals surface area contributed by atoms with Crippen molar-refractivity contribution in [2.45, 2.75) is 51.6 Å². The van der Waals surface area contributed by atoms with Gasteiger partial charge in [-0.25, -0.2) is 0 Å². The van der Waals surface area contributed by atoms with Crippen LogP contribution >= 0.6 is 0 Å². The second kappa shape index (κ2) is 6.86. The first-order valence-electron chi connectivity index (χ1n) is 8.36. The van der Waals surface area contributed by atoms with Gasteiger partial charge >= 0.3 is 0 Å². The van der Waals surface area contributed by atoms with Crippen LogP contribution in [0.2, 0.25) is 0 Å². The van der Waals surface area contributed by atoms with Gasteiger partial charge in [0, 0.05) is 13.1 Å². The van der Waals surface area contributed by atoms with E-state index in [1.807, 2.05) is 13.8 Å². The number of nitrogens with one attached hydrogen (secondary N) is 2. The van der Waals surface area contributed by atoms with Crippen LogP contribution in [0.4, 0.5) is 0 Å². The molecule has 1 spiro atoms. The number of likely N-dealkylation sites (N-methyl/N-ethyl adjacent to an activating group) is 1. The van der Waals surface area contributed by atoms with Gasteiger partial charge < -0.3 is 21.3 Å². The number of amides is 3. The number of hydrogen-bond donors (Lipinski definition) is 3. The van der Waals surface area contributed by atoms with Crippen LogP contribution < -0.4 is 16.4 Å². The van der Waals surface area contributed by atoms with Crippen LogP contribution in [0, 0.1) is 11.3 Å². The molecule has 130 valence electrons. The molecule has 23 heavy (non-hydrogen) atoms. The number of carbonyl (C=O) groups excluding carboxylic acids is 3. The number of nitrogens with zero attached hydrogens (tertiary/aromatic N) is 1. The third-order valence-electron chi connectivity index (χ3n) is 5.00. The molecule has 0 aromatic carbocycles.